The van der Waals surface area contributed by atoms with Gasteiger partial charge in [-0.1, -0.05) is 37.8 Å². The van der Waals surface area contributed by atoms with Crippen LogP contribution in [0.5, 0.6) is 0 Å². The van der Waals surface area contributed by atoms with Gasteiger partial charge in [-0.2, -0.15) is 0 Å². The van der Waals surface area contributed by atoms with E-state index in [0.29, 0.717) is 19.8 Å². The maximum absolute atomic E-state index is 12.6. The number of nitrogens with zero attached hydrogens (tertiary/aromatic N) is 2. The first-order valence-corrected chi connectivity index (χ1v) is 11.9. The van der Waals surface area contributed by atoms with Crippen molar-refractivity contribution in [3.05, 3.63) is 29.3 Å². The van der Waals surface area contributed by atoms with E-state index in [1.54, 1.807) is 0 Å². The SMILES string of the molecule is CN1CCc2cc(C(CNC(=O)C(=O)NC3CCCCCC3)N3CCOCC3)ccc21. The van der Waals surface area contributed by atoms with Gasteiger partial charge in [0.25, 0.3) is 0 Å². The van der Waals surface area contributed by atoms with Gasteiger partial charge in [-0.3, -0.25) is 14.5 Å². The molecule has 0 bridgehead atoms. The standard InChI is InChI=1S/C24H36N4O3/c1-27-11-10-19-16-18(8-9-21(19)27)22(28-12-14-31-15-13-28)17-25-23(29)24(30)26-20-6-4-2-3-5-7-20/h8-9,16,20,22H,2-7,10-15,17H2,1H3,(H,25,29)(H,26,30). The van der Waals surface area contributed by atoms with Gasteiger partial charge >= 0.3 is 11.8 Å². The third-order valence-corrected chi connectivity index (χ3v) is 6.96. The van der Waals surface area contributed by atoms with Gasteiger partial charge in [0.1, 0.15) is 0 Å². The van der Waals surface area contributed by atoms with Crippen LogP contribution in [-0.4, -0.2) is 69.2 Å². The Hall–Kier alpha value is -2.12. The number of benzene rings is 1. The Kier molecular flexibility index (Phi) is 7.45. The van der Waals surface area contributed by atoms with Crippen LogP contribution in [0.2, 0.25) is 0 Å². The van der Waals surface area contributed by atoms with Gasteiger partial charge in [0.2, 0.25) is 0 Å². The molecular weight excluding hydrogens is 392 g/mol. The first-order chi connectivity index (χ1) is 15.1. The average Bonchev–Trinajstić information content (AvgIpc) is 2.98. The Morgan fingerprint density at radius 1 is 1.06 bits per heavy atom. The number of ether oxygens (including phenoxy) is 1. The van der Waals surface area contributed by atoms with Gasteiger partial charge in [-0.15, -0.1) is 0 Å². The Bertz CT molecular complexity index is 770. The van der Waals surface area contributed by atoms with E-state index in [9.17, 15) is 9.59 Å². The van der Waals surface area contributed by atoms with Crippen LogP contribution < -0.4 is 15.5 Å². The number of carbonyl (C=O) groups excluding carboxylic acids is 2. The molecule has 2 N–H and O–H groups in total. The number of likely N-dealkylation sites (N-methyl/N-ethyl adjacent to an activating group) is 1. The fourth-order valence-electron chi connectivity index (χ4n) is 5.09. The predicted molar refractivity (Wildman–Crippen MR) is 121 cm³/mol. The molecule has 2 heterocycles. The number of fused-ring (bicyclic) bond motifs is 1. The predicted octanol–water partition coefficient (Wildman–Crippen LogP) is 2.01. The van der Waals surface area contributed by atoms with E-state index in [1.165, 1.54) is 29.7 Å². The fourth-order valence-corrected chi connectivity index (χ4v) is 5.09. The first kappa shape index (κ1) is 22.1. The monoisotopic (exact) mass is 428 g/mol. The van der Waals surface area contributed by atoms with Crippen LogP contribution in [0.4, 0.5) is 5.69 Å². The summed E-state index contributed by atoms with van der Waals surface area (Å²) < 4.78 is 5.53. The summed E-state index contributed by atoms with van der Waals surface area (Å²) >= 11 is 0. The molecule has 1 saturated heterocycles. The molecule has 0 radical (unpaired) electrons. The normalized spacial score (nSPS) is 21.3. The Morgan fingerprint density at radius 3 is 2.55 bits per heavy atom. The molecule has 2 fully saturated rings. The molecule has 31 heavy (non-hydrogen) atoms. The van der Waals surface area contributed by atoms with Crippen molar-refractivity contribution in [3.8, 4) is 0 Å². The van der Waals surface area contributed by atoms with Crippen LogP contribution in [0, 0.1) is 0 Å². The van der Waals surface area contributed by atoms with Crippen molar-refractivity contribution < 1.29 is 14.3 Å². The highest BCUT2D eigenvalue weighted by Crippen LogP contribution is 2.31. The van der Waals surface area contributed by atoms with Crippen LogP contribution in [0.15, 0.2) is 18.2 Å². The van der Waals surface area contributed by atoms with Crippen molar-refractivity contribution in [2.45, 2.75) is 57.0 Å². The molecule has 3 aliphatic rings. The highest BCUT2D eigenvalue weighted by molar-refractivity contribution is 6.35. The number of rotatable bonds is 5. The zero-order chi connectivity index (χ0) is 21.6. The maximum Gasteiger partial charge on any atom is 0.309 e. The third kappa shape index (κ3) is 5.57. The number of anilines is 1. The summed E-state index contributed by atoms with van der Waals surface area (Å²) in [6, 6.07) is 6.79. The van der Waals surface area contributed by atoms with E-state index in [0.717, 1.165) is 51.7 Å². The van der Waals surface area contributed by atoms with Crippen molar-refractivity contribution in [3.63, 3.8) is 0 Å². The maximum atomic E-state index is 12.6. The summed E-state index contributed by atoms with van der Waals surface area (Å²) in [7, 11) is 2.12. The number of hydrogen-bond acceptors (Lipinski definition) is 5. The van der Waals surface area contributed by atoms with Crippen LogP contribution in [0.3, 0.4) is 0 Å². The second-order valence-electron chi connectivity index (χ2n) is 9.10. The quantitative estimate of drug-likeness (QED) is 0.554. The number of hydrogen-bond donors (Lipinski definition) is 2. The van der Waals surface area contributed by atoms with Gasteiger partial charge in [0, 0.05) is 45.0 Å². The van der Waals surface area contributed by atoms with Crippen molar-refractivity contribution >= 4 is 17.5 Å². The zero-order valence-corrected chi connectivity index (χ0v) is 18.7. The van der Waals surface area contributed by atoms with Gasteiger partial charge < -0.3 is 20.3 Å². The lowest BCUT2D eigenvalue weighted by molar-refractivity contribution is -0.139. The van der Waals surface area contributed by atoms with Gasteiger partial charge in [0.15, 0.2) is 0 Å². The van der Waals surface area contributed by atoms with Gasteiger partial charge in [-0.25, -0.2) is 0 Å². The van der Waals surface area contributed by atoms with Crippen LogP contribution in [0.1, 0.15) is 55.7 Å². The molecular formula is C24H36N4O3. The third-order valence-electron chi connectivity index (χ3n) is 6.96. The van der Waals surface area contributed by atoms with E-state index in [1.807, 2.05) is 0 Å². The summed E-state index contributed by atoms with van der Waals surface area (Å²) in [5.41, 5.74) is 3.84. The molecule has 1 saturated carbocycles. The minimum atomic E-state index is -0.525. The van der Waals surface area contributed by atoms with Crippen LogP contribution in [-0.2, 0) is 20.7 Å². The lowest BCUT2D eigenvalue weighted by Crippen LogP contribution is -2.48. The number of nitrogens with one attached hydrogen (secondary N) is 2. The van der Waals surface area contributed by atoms with E-state index < -0.39 is 11.8 Å². The lowest BCUT2D eigenvalue weighted by Gasteiger charge is -2.35. The fraction of sp³-hybridized carbons (Fsp3) is 0.667. The molecule has 7 nitrogen and oxygen atoms in total. The number of carbonyl (C=O) groups is 2. The van der Waals surface area contributed by atoms with Crippen molar-refractivity contribution in [2.24, 2.45) is 0 Å². The molecule has 4 rings (SSSR count). The zero-order valence-electron chi connectivity index (χ0n) is 18.7. The molecule has 0 aromatic heterocycles. The minimum absolute atomic E-state index is 0.0368. The Balaban J connectivity index is 1.40. The molecule has 1 aromatic rings. The Labute approximate surface area is 185 Å². The summed E-state index contributed by atoms with van der Waals surface area (Å²) in [6.45, 7) is 4.50. The Morgan fingerprint density at radius 2 is 1.81 bits per heavy atom. The van der Waals surface area contributed by atoms with Crippen molar-refractivity contribution in [1.82, 2.24) is 15.5 Å². The largest absolute Gasteiger partial charge is 0.379 e. The van der Waals surface area contributed by atoms with Crippen molar-refractivity contribution in [2.75, 3.05) is 51.3 Å². The average molecular weight is 429 g/mol. The highest BCUT2D eigenvalue weighted by Gasteiger charge is 2.27. The van der Waals surface area contributed by atoms with Gasteiger partial charge in [0.05, 0.1) is 19.3 Å². The van der Waals surface area contributed by atoms with E-state index in [-0.39, 0.29) is 12.1 Å². The van der Waals surface area contributed by atoms with E-state index in [2.05, 4.69) is 45.7 Å². The van der Waals surface area contributed by atoms with E-state index >= 15 is 0 Å². The second-order valence-corrected chi connectivity index (χ2v) is 9.10. The summed E-state index contributed by atoms with van der Waals surface area (Å²) in [5.74, 6) is -1.02. The molecule has 0 spiro atoms. The molecule has 7 heteroatoms. The van der Waals surface area contributed by atoms with Crippen LogP contribution >= 0.6 is 0 Å². The minimum Gasteiger partial charge on any atom is -0.379 e. The van der Waals surface area contributed by atoms with Crippen molar-refractivity contribution in [1.29, 1.82) is 0 Å². The summed E-state index contributed by atoms with van der Waals surface area (Å²) in [6.07, 6.45) is 7.68. The summed E-state index contributed by atoms with van der Waals surface area (Å²) in [5, 5.41) is 5.87. The molecule has 2 aliphatic heterocycles. The lowest BCUT2D eigenvalue weighted by atomic mass is 10.0. The smallest absolute Gasteiger partial charge is 0.309 e. The number of morpholine rings is 1. The number of amides is 2. The van der Waals surface area contributed by atoms with Crippen LogP contribution in [0.25, 0.3) is 0 Å². The molecule has 1 atom stereocenters. The molecule has 170 valence electrons. The first-order valence-electron chi connectivity index (χ1n) is 11.9. The second kappa shape index (κ2) is 10.5. The summed E-state index contributed by atoms with van der Waals surface area (Å²) in [4.78, 5) is 29.7. The molecule has 1 aromatic carbocycles. The highest BCUT2D eigenvalue weighted by atomic mass is 16.5. The molecule has 1 aliphatic carbocycles. The van der Waals surface area contributed by atoms with Gasteiger partial charge in [-0.05, 0) is 36.5 Å². The topological polar surface area (TPSA) is 73.9 Å². The van der Waals surface area contributed by atoms with E-state index in [4.69, 9.17) is 4.74 Å². The molecule has 2 amide bonds. The molecule has 1 unspecified atom stereocenters.